The van der Waals surface area contributed by atoms with E-state index in [9.17, 15) is 0 Å². The number of rotatable bonds is 2. The van der Waals surface area contributed by atoms with Crippen LogP contribution < -0.4 is 5.32 Å². The Hall–Kier alpha value is -0.0800. The second-order valence-corrected chi connectivity index (χ2v) is 3.53. The molecule has 0 saturated carbocycles. The van der Waals surface area contributed by atoms with E-state index < -0.39 is 0 Å². The maximum Gasteiger partial charge on any atom is 0.0104 e. The van der Waals surface area contributed by atoms with Crippen molar-refractivity contribution in [1.82, 2.24) is 10.2 Å². The molecule has 1 atom stereocenters. The fraction of sp³-hybridized carbons (Fsp3) is 1.00. The molecule has 0 aromatic heterocycles. The van der Waals surface area contributed by atoms with Gasteiger partial charge in [0.25, 0.3) is 0 Å². The summed E-state index contributed by atoms with van der Waals surface area (Å²) < 4.78 is 0. The zero-order chi connectivity index (χ0) is 8.10. The molecule has 2 heteroatoms. The lowest BCUT2D eigenvalue weighted by Crippen LogP contribution is -2.29. The van der Waals surface area contributed by atoms with Crippen molar-refractivity contribution < 1.29 is 0 Å². The van der Waals surface area contributed by atoms with E-state index in [2.05, 4.69) is 24.2 Å². The smallest absolute Gasteiger partial charge is 0.0104 e. The van der Waals surface area contributed by atoms with Crippen LogP contribution in [-0.4, -0.2) is 37.6 Å². The third kappa shape index (κ3) is 3.21. The molecule has 0 aromatic carbocycles. The number of nitrogens with zero attached hydrogens (tertiary/aromatic N) is 1. The summed E-state index contributed by atoms with van der Waals surface area (Å²) in [4.78, 5) is 2.41. The van der Waals surface area contributed by atoms with Gasteiger partial charge in [0.1, 0.15) is 0 Å². The molecule has 1 heterocycles. The van der Waals surface area contributed by atoms with Crippen LogP contribution in [0.15, 0.2) is 0 Å². The first-order valence-electron chi connectivity index (χ1n) is 4.75. The van der Waals surface area contributed by atoms with Gasteiger partial charge in [-0.3, -0.25) is 0 Å². The predicted octanol–water partition coefficient (Wildman–Crippen LogP) is 1.08. The van der Waals surface area contributed by atoms with Gasteiger partial charge in [-0.15, -0.1) is 0 Å². The van der Waals surface area contributed by atoms with Crippen molar-refractivity contribution in [1.29, 1.82) is 0 Å². The molecular weight excluding hydrogens is 136 g/mol. The highest BCUT2D eigenvalue weighted by atomic mass is 15.1. The van der Waals surface area contributed by atoms with Crippen LogP contribution in [0, 0.1) is 0 Å². The van der Waals surface area contributed by atoms with Crippen molar-refractivity contribution >= 4 is 0 Å². The third-order valence-electron chi connectivity index (χ3n) is 2.42. The second kappa shape index (κ2) is 4.73. The molecule has 1 N–H and O–H groups in total. The minimum absolute atomic E-state index is 0.782. The first kappa shape index (κ1) is 9.01. The van der Waals surface area contributed by atoms with Gasteiger partial charge in [0.2, 0.25) is 0 Å². The van der Waals surface area contributed by atoms with Crippen LogP contribution in [0.5, 0.6) is 0 Å². The standard InChI is InChI=1S/C9H20N2/c1-3-4-9-5-7-11(2)8-6-10-9/h9-10H,3-8H2,1-2H3. The highest BCUT2D eigenvalue weighted by molar-refractivity contribution is 4.72. The van der Waals surface area contributed by atoms with Crippen LogP contribution in [0.3, 0.4) is 0 Å². The first-order valence-corrected chi connectivity index (χ1v) is 4.75. The van der Waals surface area contributed by atoms with Crippen LogP contribution in [0.1, 0.15) is 26.2 Å². The molecule has 1 rings (SSSR count). The Morgan fingerprint density at radius 1 is 1.45 bits per heavy atom. The van der Waals surface area contributed by atoms with E-state index in [4.69, 9.17) is 0 Å². The fourth-order valence-electron chi connectivity index (χ4n) is 1.64. The molecule has 0 radical (unpaired) electrons. The van der Waals surface area contributed by atoms with Crippen molar-refractivity contribution in [2.45, 2.75) is 32.2 Å². The number of likely N-dealkylation sites (N-methyl/N-ethyl adjacent to an activating group) is 1. The Morgan fingerprint density at radius 2 is 2.27 bits per heavy atom. The summed E-state index contributed by atoms with van der Waals surface area (Å²) in [6.45, 7) is 5.90. The summed E-state index contributed by atoms with van der Waals surface area (Å²) in [5.41, 5.74) is 0. The van der Waals surface area contributed by atoms with Gasteiger partial charge in [-0.25, -0.2) is 0 Å². The maximum atomic E-state index is 3.57. The van der Waals surface area contributed by atoms with Gasteiger partial charge in [0.15, 0.2) is 0 Å². The quantitative estimate of drug-likeness (QED) is 0.643. The lowest BCUT2D eigenvalue weighted by atomic mass is 10.1. The van der Waals surface area contributed by atoms with E-state index in [0.29, 0.717) is 0 Å². The van der Waals surface area contributed by atoms with Crippen LogP contribution in [0.2, 0.25) is 0 Å². The summed E-state index contributed by atoms with van der Waals surface area (Å²) in [5.74, 6) is 0. The van der Waals surface area contributed by atoms with Crippen LogP contribution in [-0.2, 0) is 0 Å². The Kier molecular flexibility index (Phi) is 3.87. The molecule has 1 saturated heterocycles. The molecule has 0 aliphatic carbocycles. The molecule has 0 spiro atoms. The molecule has 0 amide bonds. The average molecular weight is 156 g/mol. The fourth-order valence-corrected chi connectivity index (χ4v) is 1.64. The molecule has 1 aliphatic rings. The normalized spacial score (nSPS) is 28.4. The molecule has 1 unspecified atom stereocenters. The van der Waals surface area contributed by atoms with E-state index in [1.165, 1.54) is 38.9 Å². The summed E-state index contributed by atoms with van der Waals surface area (Å²) in [7, 11) is 2.20. The van der Waals surface area contributed by atoms with Crippen LogP contribution in [0.25, 0.3) is 0 Å². The average Bonchev–Trinajstić information content (AvgIpc) is 2.17. The summed E-state index contributed by atoms with van der Waals surface area (Å²) in [6.07, 6.45) is 3.97. The minimum Gasteiger partial charge on any atom is -0.313 e. The molecule has 2 nitrogen and oxygen atoms in total. The number of nitrogens with one attached hydrogen (secondary N) is 1. The van der Waals surface area contributed by atoms with Crippen molar-refractivity contribution in [3.05, 3.63) is 0 Å². The van der Waals surface area contributed by atoms with E-state index >= 15 is 0 Å². The summed E-state index contributed by atoms with van der Waals surface area (Å²) in [5, 5.41) is 3.57. The van der Waals surface area contributed by atoms with Crippen molar-refractivity contribution in [2.75, 3.05) is 26.7 Å². The van der Waals surface area contributed by atoms with Crippen molar-refractivity contribution in [3.8, 4) is 0 Å². The second-order valence-electron chi connectivity index (χ2n) is 3.53. The summed E-state index contributed by atoms with van der Waals surface area (Å²) >= 11 is 0. The predicted molar refractivity (Wildman–Crippen MR) is 48.8 cm³/mol. The van der Waals surface area contributed by atoms with Crippen LogP contribution in [0.4, 0.5) is 0 Å². The monoisotopic (exact) mass is 156 g/mol. The number of hydrogen-bond acceptors (Lipinski definition) is 2. The molecule has 1 aliphatic heterocycles. The van der Waals surface area contributed by atoms with Gasteiger partial charge in [-0.1, -0.05) is 13.3 Å². The molecule has 1 fully saturated rings. The lowest BCUT2D eigenvalue weighted by molar-refractivity contribution is 0.353. The molecule has 0 aromatic rings. The van der Waals surface area contributed by atoms with Crippen molar-refractivity contribution in [2.24, 2.45) is 0 Å². The van der Waals surface area contributed by atoms with E-state index in [-0.39, 0.29) is 0 Å². The lowest BCUT2D eigenvalue weighted by Gasteiger charge is -2.13. The zero-order valence-corrected chi connectivity index (χ0v) is 7.77. The molecule has 66 valence electrons. The highest BCUT2D eigenvalue weighted by Crippen LogP contribution is 2.05. The van der Waals surface area contributed by atoms with Gasteiger partial charge >= 0.3 is 0 Å². The Bertz CT molecular complexity index is 104. The van der Waals surface area contributed by atoms with Crippen molar-refractivity contribution in [3.63, 3.8) is 0 Å². The van der Waals surface area contributed by atoms with Gasteiger partial charge < -0.3 is 10.2 Å². The number of hydrogen-bond donors (Lipinski definition) is 1. The van der Waals surface area contributed by atoms with E-state index in [0.717, 1.165) is 6.04 Å². The maximum absolute atomic E-state index is 3.57. The van der Waals surface area contributed by atoms with Crippen LogP contribution >= 0.6 is 0 Å². The van der Waals surface area contributed by atoms with E-state index in [1.807, 2.05) is 0 Å². The topological polar surface area (TPSA) is 15.3 Å². The Balaban J connectivity index is 2.22. The SMILES string of the molecule is CCCC1CCN(C)CCN1. The van der Waals surface area contributed by atoms with Gasteiger partial charge in [0, 0.05) is 19.1 Å². The highest BCUT2D eigenvalue weighted by Gasteiger charge is 2.11. The minimum atomic E-state index is 0.782. The Morgan fingerprint density at radius 3 is 3.00 bits per heavy atom. The first-order chi connectivity index (χ1) is 5.33. The van der Waals surface area contributed by atoms with Gasteiger partial charge in [0.05, 0.1) is 0 Å². The van der Waals surface area contributed by atoms with E-state index in [1.54, 1.807) is 0 Å². The molecular formula is C9H20N2. The Labute approximate surface area is 70.0 Å². The third-order valence-corrected chi connectivity index (χ3v) is 2.42. The largest absolute Gasteiger partial charge is 0.313 e. The molecule has 11 heavy (non-hydrogen) atoms. The van der Waals surface area contributed by atoms with Gasteiger partial charge in [-0.2, -0.15) is 0 Å². The molecule has 0 bridgehead atoms. The zero-order valence-electron chi connectivity index (χ0n) is 7.77. The summed E-state index contributed by atoms with van der Waals surface area (Å²) in [6, 6.07) is 0.782. The van der Waals surface area contributed by atoms with Gasteiger partial charge in [-0.05, 0) is 26.4 Å².